The minimum Gasteiger partial charge on any atom is -0.480 e. The van der Waals surface area contributed by atoms with Crippen molar-refractivity contribution in [2.75, 3.05) is 13.1 Å². The van der Waals surface area contributed by atoms with Gasteiger partial charge in [0, 0.05) is 6.54 Å². The van der Waals surface area contributed by atoms with Crippen molar-refractivity contribution in [3.63, 3.8) is 0 Å². The van der Waals surface area contributed by atoms with Gasteiger partial charge in [-0.3, -0.25) is 14.9 Å². The highest BCUT2D eigenvalue weighted by atomic mass is 16.4. The van der Waals surface area contributed by atoms with Gasteiger partial charge in [0.25, 0.3) is 0 Å². The molecule has 96 valence electrons. The number of amides is 2. The molecule has 0 spiro atoms. The summed E-state index contributed by atoms with van der Waals surface area (Å²) in [7, 11) is 0. The van der Waals surface area contributed by atoms with E-state index in [-0.39, 0.29) is 19.0 Å². The van der Waals surface area contributed by atoms with Gasteiger partial charge < -0.3 is 20.8 Å². The summed E-state index contributed by atoms with van der Waals surface area (Å²) in [5.74, 6) is -2.11. The van der Waals surface area contributed by atoms with Crippen LogP contribution in [0.5, 0.6) is 0 Å². The van der Waals surface area contributed by atoms with Crippen LogP contribution >= 0.6 is 0 Å². The average molecular weight is 245 g/mol. The molecule has 3 atom stereocenters. The molecule has 0 bridgehead atoms. The van der Waals surface area contributed by atoms with Gasteiger partial charge in [0.15, 0.2) is 6.04 Å². The second-order valence-corrected chi connectivity index (χ2v) is 3.80. The first-order chi connectivity index (χ1) is 7.91. The van der Waals surface area contributed by atoms with Crippen molar-refractivity contribution in [3.8, 4) is 0 Å². The number of aliphatic hydroxyl groups is 1. The van der Waals surface area contributed by atoms with Gasteiger partial charge >= 0.3 is 5.97 Å². The van der Waals surface area contributed by atoms with Crippen LogP contribution in [0.2, 0.25) is 0 Å². The Hall–Kier alpha value is -1.67. The van der Waals surface area contributed by atoms with Gasteiger partial charge in [-0.05, 0) is 6.92 Å². The molecule has 5 N–H and O–H groups in total. The van der Waals surface area contributed by atoms with Gasteiger partial charge in [-0.15, -0.1) is 0 Å². The number of aliphatic carboxylic acids is 1. The minimum atomic E-state index is -1.36. The fourth-order valence-corrected chi connectivity index (χ4v) is 1.39. The molecule has 17 heavy (non-hydrogen) atoms. The van der Waals surface area contributed by atoms with Crippen molar-refractivity contribution in [1.29, 1.82) is 0 Å². The average Bonchev–Trinajstić information content (AvgIpc) is 2.25. The van der Waals surface area contributed by atoms with Crippen molar-refractivity contribution in [1.82, 2.24) is 16.0 Å². The van der Waals surface area contributed by atoms with E-state index >= 15 is 0 Å². The molecule has 0 aromatic heterocycles. The standard InChI is InChI=1S/C9H15N3O5/c1-4(13)7(9(16)17)12-8(15)5-2-11-6(14)3-10-5/h4-5,7,10,13H,2-3H2,1H3,(H,11,14)(H,12,15)(H,16,17)/t4-,5?,7+/m1/s1. The predicted molar refractivity (Wildman–Crippen MR) is 56.0 cm³/mol. The van der Waals surface area contributed by atoms with Gasteiger partial charge in [-0.1, -0.05) is 0 Å². The monoisotopic (exact) mass is 245 g/mol. The van der Waals surface area contributed by atoms with Gasteiger partial charge in [0.1, 0.15) is 6.04 Å². The minimum absolute atomic E-state index is 0.00447. The molecule has 1 heterocycles. The second kappa shape index (κ2) is 5.60. The van der Waals surface area contributed by atoms with E-state index in [2.05, 4.69) is 16.0 Å². The molecular formula is C9H15N3O5. The summed E-state index contributed by atoms with van der Waals surface area (Å²) in [4.78, 5) is 33.2. The van der Waals surface area contributed by atoms with Gasteiger partial charge in [-0.25, -0.2) is 4.79 Å². The third-order valence-electron chi connectivity index (χ3n) is 2.38. The lowest BCUT2D eigenvalue weighted by Gasteiger charge is -2.25. The van der Waals surface area contributed by atoms with E-state index in [1.165, 1.54) is 6.92 Å². The Morgan fingerprint density at radius 2 is 2.18 bits per heavy atom. The molecule has 1 fully saturated rings. The molecule has 0 aromatic carbocycles. The number of carbonyl (C=O) groups is 3. The smallest absolute Gasteiger partial charge is 0.328 e. The molecule has 0 aliphatic carbocycles. The topological polar surface area (TPSA) is 128 Å². The van der Waals surface area contributed by atoms with Crippen molar-refractivity contribution in [3.05, 3.63) is 0 Å². The van der Waals surface area contributed by atoms with Crippen molar-refractivity contribution in [2.24, 2.45) is 0 Å². The molecule has 0 radical (unpaired) electrons. The summed E-state index contributed by atoms with van der Waals surface area (Å²) in [6.07, 6.45) is -1.20. The van der Waals surface area contributed by atoms with Crippen LogP contribution in [-0.4, -0.2) is 59.3 Å². The number of hydrogen-bond acceptors (Lipinski definition) is 5. The highest BCUT2D eigenvalue weighted by molar-refractivity contribution is 5.89. The zero-order valence-electron chi connectivity index (χ0n) is 9.27. The van der Waals surface area contributed by atoms with Crippen LogP contribution in [0.3, 0.4) is 0 Å². The zero-order chi connectivity index (χ0) is 13.0. The van der Waals surface area contributed by atoms with E-state index in [1.807, 2.05) is 0 Å². The fourth-order valence-electron chi connectivity index (χ4n) is 1.39. The number of hydrogen-bond donors (Lipinski definition) is 5. The molecule has 0 saturated carbocycles. The highest BCUT2D eigenvalue weighted by Crippen LogP contribution is 1.96. The Balaban J connectivity index is 2.53. The lowest BCUT2D eigenvalue weighted by molar-refractivity contribution is -0.145. The molecule has 8 nitrogen and oxygen atoms in total. The first-order valence-corrected chi connectivity index (χ1v) is 5.13. The fraction of sp³-hybridized carbons (Fsp3) is 0.667. The summed E-state index contributed by atoms with van der Waals surface area (Å²) in [6, 6.07) is -2.05. The van der Waals surface area contributed by atoms with Gasteiger partial charge in [0.05, 0.1) is 12.6 Å². The molecular weight excluding hydrogens is 230 g/mol. The van der Waals surface area contributed by atoms with Crippen molar-refractivity contribution in [2.45, 2.75) is 25.1 Å². The van der Waals surface area contributed by atoms with E-state index < -0.39 is 30.1 Å². The Morgan fingerprint density at radius 1 is 1.53 bits per heavy atom. The number of nitrogens with one attached hydrogen (secondary N) is 3. The van der Waals surface area contributed by atoms with Crippen molar-refractivity contribution >= 4 is 17.8 Å². The molecule has 0 aromatic rings. The number of carboxylic acids is 1. The van der Waals surface area contributed by atoms with Crippen LogP contribution in [0.4, 0.5) is 0 Å². The predicted octanol–water partition coefficient (Wildman–Crippen LogP) is -2.98. The van der Waals surface area contributed by atoms with E-state index in [0.29, 0.717) is 0 Å². The van der Waals surface area contributed by atoms with Crippen molar-refractivity contribution < 1.29 is 24.6 Å². The first kappa shape index (κ1) is 13.4. The number of aliphatic hydroxyl groups excluding tert-OH is 1. The number of carboxylic acid groups (broad SMARTS) is 1. The summed E-state index contributed by atoms with van der Waals surface area (Å²) < 4.78 is 0. The molecule has 1 unspecified atom stereocenters. The van der Waals surface area contributed by atoms with Crippen LogP contribution in [0.25, 0.3) is 0 Å². The van der Waals surface area contributed by atoms with Crippen LogP contribution in [0, 0.1) is 0 Å². The lowest BCUT2D eigenvalue weighted by atomic mass is 10.1. The van der Waals surface area contributed by atoms with Crippen LogP contribution in [-0.2, 0) is 14.4 Å². The first-order valence-electron chi connectivity index (χ1n) is 5.13. The van der Waals surface area contributed by atoms with Crippen LogP contribution in [0.1, 0.15) is 6.92 Å². The zero-order valence-corrected chi connectivity index (χ0v) is 9.27. The summed E-state index contributed by atoms with van der Waals surface area (Å²) >= 11 is 0. The second-order valence-electron chi connectivity index (χ2n) is 3.80. The molecule has 1 saturated heterocycles. The van der Waals surface area contributed by atoms with Gasteiger partial charge in [0.2, 0.25) is 11.8 Å². The third-order valence-corrected chi connectivity index (χ3v) is 2.38. The summed E-state index contributed by atoms with van der Waals surface area (Å²) in [5, 5.41) is 25.3. The summed E-state index contributed by atoms with van der Waals surface area (Å²) in [5.41, 5.74) is 0. The number of rotatable bonds is 4. The maximum atomic E-state index is 11.6. The highest BCUT2D eigenvalue weighted by Gasteiger charge is 2.30. The molecule has 2 amide bonds. The maximum absolute atomic E-state index is 11.6. The molecule has 1 rings (SSSR count). The Kier molecular flexibility index (Phi) is 4.41. The number of piperazine rings is 1. The Bertz CT molecular complexity index is 321. The molecule has 1 aliphatic heterocycles. The van der Waals surface area contributed by atoms with E-state index in [4.69, 9.17) is 5.11 Å². The largest absolute Gasteiger partial charge is 0.480 e. The van der Waals surface area contributed by atoms with E-state index in [0.717, 1.165) is 0 Å². The normalized spacial score (nSPS) is 23.4. The third kappa shape index (κ3) is 3.68. The molecule has 8 heteroatoms. The summed E-state index contributed by atoms with van der Waals surface area (Å²) in [6.45, 7) is 1.37. The number of carbonyl (C=O) groups excluding carboxylic acids is 2. The van der Waals surface area contributed by atoms with Gasteiger partial charge in [-0.2, -0.15) is 0 Å². The maximum Gasteiger partial charge on any atom is 0.328 e. The Morgan fingerprint density at radius 3 is 2.59 bits per heavy atom. The van der Waals surface area contributed by atoms with E-state index in [1.54, 1.807) is 0 Å². The van der Waals surface area contributed by atoms with E-state index in [9.17, 15) is 19.5 Å². The van der Waals surface area contributed by atoms with Crippen LogP contribution < -0.4 is 16.0 Å². The SMILES string of the molecule is C[C@@H](O)[C@H](NC(=O)C1CNC(=O)CN1)C(=O)O. The Labute approximate surface area is 97.4 Å². The lowest BCUT2D eigenvalue weighted by Crippen LogP contribution is -2.61. The quantitative estimate of drug-likeness (QED) is 0.360. The molecule has 1 aliphatic rings. The van der Waals surface area contributed by atoms with Crippen LogP contribution in [0.15, 0.2) is 0 Å².